The van der Waals surface area contributed by atoms with Crippen LogP contribution in [0.2, 0.25) is 0 Å². The summed E-state index contributed by atoms with van der Waals surface area (Å²) in [5, 5.41) is 3.21. The first-order chi connectivity index (χ1) is 9.68. The summed E-state index contributed by atoms with van der Waals surface area (Å²) in [7, 11) is 0. The molecule has 1 aliphatic carbocycles. The fourth-order valence-electron chi connectivity index (χ4n) is 3.32. The highest BCUT2D eigenvalue weighted by molar-refractivity contribution is 6.05. The molecule has 2 aliphatic rings. The number of aryl methyl sites for hydroxylation is 1. The highest BCUT2D eigenvalue weighted by Crippen LogP contribution is 2.37. The Kier molecular flexibility index (Phi) is 3.47. The number of benzene rings is 1. The van der Waals surface area contributed by atoms with Crippen molar-refractivity contribution >= 4 is 17.5 Å². The van der Waals surface area contributed by atoms with Gasteiger partial charge in [-0.15, -0.1) is 0 Å². The van der Waals surface area contributed by atoms with Crippen molar-refractivity contribution in [1.29, 1.82) is 0 Å². The molecule has 3 rings (SSSR count). The first kappa shape index (κ1) is 13.2. The molecule has 1 aliphatic heterocycles. The van der Waals surface area contributed by atoms with E-state index in [0.29, 0.717) is 0 Å². The van der Waals surface area contributed by atoms with Crippen molar-refractivity contribution in [2.75, 3.05) is 12.0 Å². The van der Waals surface area contributed by atoms with Gasteiger partial charge in [-0.05, 0) is 31.4 Å². The van der Waals surface area contributed by atoms with Gasteiger partial charge in [0.05, 0.1) is 18.5 Å². The van der Waals surface area contributed by atoms with Crippen molar-refractivity contribution in [3.8, 4) is 0 Å². The second-order valence-electron chi connectivity index (χ2n) is 5.75. The fourth-order valence-corrected chi connectivity index (χ4v) is 3.32. The van der Waals surface area contributed by atoms with Crippen LogP contribution in [0.4, 0.5) is 5.69 Å². The molecule has 0 spiro atoms. The standard InChI is InChI=1S/C16H20N2O2/c1-11-6-2-5-9-14(11)17-10-18-15(19)12-7-3-4-8-13(12)16(18)20/h2,5-6,9,12-13,17H,3-4,7-8,10H2,1H3/t12-,13-/m1/s1. The molecule has 1 aromatic carbocycles. The predicted molar refractivity (Wildman–Crippen MR) is 77.0 cm³/mol. The van der Waals surface area contributed by atoms with Crippen molar-refractivity contribution < 1.29 is 9.59 Å². The van der Waals surface area contributed by atoms with Crippen molar-refractivity contribution in [3.63, 3.8) is 0 Å². The number of anilines is 1. The van der Waals surface area contributed by atoms with Crippen LogP contribution in [-0.4, -0.2) is 23.4 Å². The lowest BCUT2D eigenvalue weighted by Gasteiger charge is -2.19. The lowest BCUT2D eigenvalue weighted by atomic mass is 9.81. The number of para-hydroxylation sites is 1. The SMILES string of the molecule is Cc1ccccc1NCN1C(=O)[C@@H]2CCCC[C@H]2C1=O. The summed E-state index contributed by atoms with van der Waals surface area (Å²) >= 11 is 0. The number of fused-ring (bicyclic) bond motifs is 1. The number of hydrogen-bond donors (Lipinski definition) is 1. The highest BCUT2D eigenvalue weighted by Gasteiger charge is 2.47. The summed E-state index contributed by atoms with van der Waals surface area (Å²) < 4.78 is 0. The van der Waals surface area contributed by atoms with Crippen LogP contribution in [0.3, 0.4) is 0 Å². The van der Waals surface area contributed by atoms with E-state index in [9.17, 15) is 9.59 Å². The van der Waals surface area contributed by atoms with Crippen molar-refractivity contribution in [2.45, 2.75) is 32.6 Å². The van der Waals surface area contributed by atoms with Crippen LogP contribution in [0.15, 0.2) is 24.3 Å². The van der Waals surface area contributed by atoms with Crippen LogP contribution in [0.1, 0.15) is 31.2 Å². The lowest BCUT2D eigenvalue weighted by Crippen LogP contribution is -2.35. The van der Waals surface area contributed by atoms with Crippen molar-refractivity contribution in [1.82, 2.24) is 4.90 Å². The molecule has 0 unspecified atom stereocenters. The summed E-state index contributed by atoms with van der Waals surface area (Å²) in [5.74, 6) is -0.0913. The molecule has 0 radical (unpaired) electrons. The molecular formula is C16H20N2O2. The second kappa shape index (κ2) is 5.27. The molecule has 1 aromatic rings. The average molecular weight is 272 g/mol. The minimum Gasteiger partial charge on any atom is -0.367 e. The van der Waals surface area contributed by atoms with Crippen LogP contribution in [0.5, 0.6) is 0 Å². The maximum Gasteiger partial charge on any atom is 0.234 e. The summed E-state index contributed by atoms with van der Waals surface area (Å²) in [4.78, 5) is 26.1. The molecule has 2 fully saturated rings. The molecule has 1 saturated heterocycles. The van der Waals surface area contributed by atoms with Crippen LogP contribution in [0.25, 0.3) is 0 Å². The number of nitrogens with zero attached hydrogens (tertiary/aromatic N) is 1. The number of nitrogens with one attached hydrogen (secondary N) is 1. The zero-order valence-corrected chi connectivity index (χ0v) is 11.8. The van der Waals surface area contributed by atoms with E-state index in [1.165, 1.54) is 4.90 Å². The van der Waals surface area contributed by atoms with Gasteiger partial charge in [-0.3, -0.25) is 14.5 Å². The zero-order valence-electron chi connectivity index (χ0n) is 11.8. The van der Waals surface area contributed by atoms with Gasteiger partial charge in [-0.2, -0.15) is 0 Å². The molecule has 20 heavy (non-hydrogen) atoms. The third-order valence-corrected chi connectivity index (χ3v) is 4.51. The summed E-state index contributed by atoms with van der Waals surface area (Å²) in [5.41, 5.74) is 2.09. The van der Waals surface area contributed by atoms with Crippen molar-refractivity contribution in [2.24, 2.45) is 11.8 Å². The third kappa shape index (κ3) is 2.19. The van der Waals surface area contributed by atoms with Gasteiger partial charge in [0.25, 0.3) is 0 Å². The number of rotatable bonds is 3. The molecule has 2 atom stereocenters. The lowest BCUT2D eigenvalue weighted by molar-refractivity contribution is -0.139. The quantitative estimate of drug-likeness (QED) is 0.860. The Hall–Kier alpha value is -1.84. The van der Waals surface area contributed by atoms with E-state index in [4.69, 9.17) is 0 Å². The zero-order chi connectivity index (χ0) is 14.1. The molecule has 1 heterocycles. The van der Waals surface area contributed by atoms with Crippen LogP contribution >= 0.6 is 0 Å². The predicted octanol–water partition coefficient (Wildman–Crippen LogP) is 2.54. The topological polar surface area (TPSA) is 49.4 Å². The normalized spacial score (nSPS) is 25.8. The van der Waals surface area contributed by atoms with Gasteiger partial charge in [-0.1, -0.05) is 31.0 Å². The Morgan fingerprint density at radius 2 is 1.70 bits per heavy atom. The van der Waals surface area contributed by atoms with Gasteiger partial charge in [0.15, 0.2) is 0 Å². The third-order valence-electron chi connectivity index (χ3n) is 4.51. The first-order valence-corrected chi connectivity index (χ1v) is 7.33. The number of carbonyl (C=O) groups is 2. The maximum absolute atomic E-state index is 12.3. The Balaban J connectivity index is 1.70. The summed E-state index contributed by atoms with van der Waals surface area (Å²) in [6.07, 6.45) is 3.88. The summed E-state index contributed by atoms with van der Waals surface area (Å²) in [6.45, 7) is 2.30. The minimum atomic E-state index is -0.0603. The molecule has 2 amide bonds. The molecule has 0 aromatic heterocycles. The molecule has 4 heteroatoms. The Labute approximate surface area is 119 Å². The Morgan fingerprint density at radius 3 is 2.30 bits per heavy atom. The number of hydrogen-bond acceptors (Lipinski definition) is 3. The van der Waals surface area contributed by atoms with E-state index in [1.54, 1.807) is 0 Å². The van der Waals surface area contributed by atoms with Gasteiger partial charge in [-0.25, -0.2) is 0 Å². The average Bonchev–Trinajstić information content (AvgIpc) is 2.71. The van der Waals surface area contributed by atoms with E-state index in [0.717, 1.165) is 36.9 Å². The minimum absolute atomic E-state index is 0.0146. The molecule has 1 N–H and O–H groups in total. The van der Waals surface area contributed by atoms with Gasteiger partial charge in [0.2, 0.25) is 11.8 Å². The van der Waals surface area contributed by atoms with E-state index in [2.05, 4.69) is 5.32 Å². The van der Waals surface area contributed by atoms with Gasteiger partial charge in [0, 0.05) is 5.69 Å². The monoisotopic (exact) mass is 272 g/mol. The van der Waals surface area contributed by atoms with Gasteiger partial charge in [0.1, 0.15) is 0 Å². The van der Waals surface area contributed by atoms with Crippen molar-refractivity contribution in [3.05, 3.63) is 29.8 Å². The van der Waals surface area contributed by atoms with E-state index in [1.807, 2.05) is 31.2 Å². The number of amides is 2. The Morgan fingerprint density at radius 1 is 1.10 bits per heavy atom. The maximum atomic E-state index is 12.3. The largest absolute Gasteiger partial charge is 0.367 e. The van der Waals surface area contributed by atoms with Crippen LogP contribution in [-0.2, 0) is 9.59 Å². The van der Waals surface area contributed by atoms with E-state index in [-0.39, 0.29) is 30.3 Å². The van der Waals surface area contributed by atoms with E-state index >= 15 is 0 Å². The van der Waals surface area contributed by atoms with E-state index < -0.39 is 0 Å². The summed E-state index contributed by atoms with van der Waals surface area (Å²) in [6, 6.07) is 7.90. The van der Waals surface area contributed by atoms with Crippen LogP contribution < -0.4 is 5.32 Å². The van der Waals surface area contributed by atoms with Gasteiger partial charge >= 0.3 is 0 Å². The number of carbonyl (C=O) groups excluding carboxylic acids is 2. The first-order valence-electron chi connectivity index (χ1n) is 7.33. The molecule has 106 valence electrons. The fraction of sp³-hybridized carbons (Fsp3) is 0.500. The molecular weight excluding hydrogens is 252 g/mol. The Bertz CT molecular complexity index is 517. The molecule has 4 nitrogen and oxygen atoms in total. The molecule has 0 bridgehead atoms. The highest BCUT2D eigenvalue weighted by atomic mass is 16.2. The molecule has 1 saturated carbocycles. The second-order valence-corrected chi connectivity index (χ2v) is 5.75. The number of likely N-dealkylation sites (tertiary alicyclic amines) is 1. The number of imide groups is 1. The van der Waals surface area contributed by atoms with Gasteiger partial charge < -0.3 is 5.32 Å². The van der Waals surface area contributed by atoms with Crippen LogP contribution in [0, 0.1) is 18.8 Å². The smallest absolute Gasteiger partial charge is 0.234 e.